The summed E-state index contributed by atoms with van der Waals surface area (Å²) >= 11 is 0. The molecule has 0 unspecified atom stereocenters. The zero-order valence-corrected chi connectivity index (χ0v) is 20.2. The maximum Gasteiger partial charge on any atom is 0.226 e. The molecule has 4 aromatic rings. The molecular weight excluding hydrogens is 471 g/mol. The van der Waals surface area contributed by atoms with Gasteiger partial charge in [-0.1, -0.05) is 48.5 Å². The van der Waals surface area contributed by atoms with Crippen molar-refractivity contribution in [3.63, 3.8) is 0 Å². The molecule has 4 rings (SSSR count). The Labute approximate surface area is 215 Å². The molecule has 0 bridgehead atoms. The quantitative estimate of drug-likeness (QED) is 0.295. The van der Waals surface area contributed by atoms with E-state index in [0.29, 0.717) is 23.8 Å². The number of ketones is 1. The van der Waals surface area contributed by atoms with Gasteiger partial charge in [0.2, 0.25) is 5.91 Å². The van der Waals surface area contributed by atoms with Crippen molar-refractivity contribution >= 4 is 11.7 Å². The molecule has 0 radical (unpaired) electrons. The molecule has 0 aliphatic carbocycles. The van der Waals surface area contributed by atoms with Crippen molar-refractivity contribution in [3.8, 4) is 11.5 Å². The van der Waals surface area contributed by atoms with E-state index in [1.165, 1.54) is 12.1 Å². The number of carbonyl (C=O) groups excluding carboxylic acids is 2. The number of hydrogen-bond donors (Lipinski definition) is 1. The van der Waals surface area contributed by atoms with Crippen LogP contribution in [0.15, 0.2) is 103 Å². The van der Waals surface area contributed by atoms with E-state index in [1.54, 1.807) is 54.7 Å². The first-order valence-corrected chi connectivity index (χ1v) is 11.9. The van der Waals surface area contributed by atoms with Crippen LogP contribution in [0.5, 0.6) is 11.5 Å². The Kier molecular flexibility index (Phi) is 9.10. The van der Waals surface area contributed by atoms with Crippen LogP contribution in [0.4, 0.5) is 4.39 Å². The van der Waals surface area contributed by atoms with Gasteiger partial charge in [-0.05, 0) is 59.7 Å². The molecule has 1 aromatic heterocycles. The van der Waals surface area contributed by atoms with Crippen molar-refractivity contribution in [3.05, 3.63) is 126 Å². The standard InChI is InChI=1S/C30H27FN2O4/c31-24-11-15-27(16-12-24)37-26-13-9-22(10-14-26)18-29(34)28(21-36-20-23-6-2-1-3-7-23)33-30(35)19-25-8-4-5-17-32-25/h1-17,28H,18-21H2,(H,33,35)/t28-/m0/s1. The number of aromatic nitrogens is 1. The average Bonchev–Trinajstić information content (AvgIpc) is 2.91. The van der Waals surface area contributed by atoms with Crippen molar-refractivity contribution in [2.24, 2.45) is 0 Å². The van der Waals surface area contributed by atoms with E-state index >= 15 is 0 Å². The molecule has 188 valence electrons. The summed E-state index contributed by atoms with van der Waals surface area (Å²) in [5.41, 5.74) is 2.36. The summed E-state index contributed by atoms with van der Waals surface area (Å²) in [6.45, 7) is 0.379. The van der Waals surface area contributed by atoms with Crippen molar-refractivity contribution in [2.75, 3.05) is 6.61 Å². The minimum atomic E-state index is -0.810. The third kappa shape index (κ3) is 8.37. The van der Waals surface area contributed by atoms with Crippen LogP contribution in [0.25, 0.3) is 0 Å². The van der Waals surface area contributed by atoms with E-state index in [9.17, 15) is 14.0 Å². The fourth-order valence-corrected chi connectivity index (χ4v) is 3.63. The molecular formula is C30H27FN2O4. The Morgan fingerprint density at radius 3 is 2.14 bits per heavy atom. The number of benzene rings is 3. The normalized spacial score (nSPS) is 11.5. The number of amides is 1. The number of halogens is 1. The van der Waals surface area contributed by atoms with Gasteiger partial charge in [-0.25, -0.2) is 4.39 Å². The fraction of sp³-hybridized carbons (Fsp3) is 0.167. The van der Waals surface area contributed by atoms with Gasteiger partial charge < -0.3 is 14.8 Å². The molecule has 0 saturated heterocycles. The topological polar surface area (TPSA) is 77.5 Å². The predicted molar refractivity (Wildman–Crippen MR) is 138 cm³/mol. The third-order valence-corrected chi connectivity index (χ3v) is 5.54. The summed E-state index contributed by atoms with van der Waals surface area (Å²) in [5.74, 6) is 0.263. The van der Waals surface area contributed by atoms with Crippen LogP contribution in [0, 0.1) is 5.82 Å². The van der Waals surface area contributed by atoms with Crippen LogP contribution in [-0.4, -0.2) is 29.3 Å². The monoisotopic (exact) mass is 498 g/mol. The van der Waals surface area contributed by atoms with Gasteiger partial charge in [0.05, 0.1) is 19.6 Å². The lowest BCUT2D eigenvalue weighted by atomic mass is 10.0. The van der Waals surface area contributed by atoms with Crippen LogP contribution < -0.4 is 10.1 Å². The highest BCUT2D eigenvalue weighted by molar-refractivity contribution is 5.91. The van der Waals surface area contributed by atoms with E-state index in [1.807, 2.05) is 36.4 Å². The van der Waals surface area contributed by atoms with Crippen molar-refractivity contribution in [1.29, 1.82) is 0 Å². The molecule has 6 nitrogen and oxygen atoms in total. The van der Waals surface area contributed by atoms with Gasteiger partial charge in [-0.15, -0.1) is 0 Å². The van der Waals surface area contributed by atoms with Crippen LogP contribution in [0.2, 0.25) is 0 Å². The molecule has 0 aliphatic rings. The van der Waals surface area contributed by atoms with Crippen molar-refractivity contribution in [2.45, 2.75) is 25.5 Å². The van der Waals surface area contributed by atoms with Gasteiger partial charge in [0.1, 0.15) is 23.4 Å². The highest BCUT2D eigenvalue weighted by Crippen LogP contribution is 2.22. The number of carbonyl (C=O) groups is 2. The number of ether oxygens (including phenoxy) is 2. The molecule has 0 spiro atoms. The zero-order chi connectivity index (χ0) is 25.9. The Morgan fingerprint density at radius 2 is 1.46 bits per heavy atom. The lowest BCUT2D eigenvalue weighted by Crippen LogP contribution is -2.45. The van der Waals surface area contributed by atoms with Crippen LogP contribution in [0.3, 0.4) is 0 Å². The summed E-state index contributed by atoms with van der Waals surface area (Å²) in [7, 11) is 0. The van der Waals surface area contributed by atoms with E-state index in [-0.39, 0.29) is 37.0 Å². The Hall–Kier alpha value is -4.36. The van der Waals surface area contributed by atoms with Crippen molar-refractivity contribution in [1.82, 2.24) is 10.3 Å². The van der Waals surface area contributed by atoms with Gasteiger partial charge in [0.25, 0.3) is 0 Å². The van der Waals surface area contributed by atoms with E-state index in [4.69, 9.17) is 9.47 Å². The molecule has 0 fully saturated rings. The Morgan fingerprint density at radius 1 is 0.784 bits per heavy atom. The largest absolute Gasteiger partial charge is 0.457 e. The number of rotatable bonds is 12. The smallest absolute Gasteiger partial charge is 0.226 e. The SMILES string of the molecule is O=C(Cc1ccccn1)N[C@@H](COCc1ccccc1)C(=O)Cc1ccc(Oc2ccc(F)cc2)cc1. The first-order chi connectivity index (χ1) is 18.0. The van der Waals surface area contributed by atoms with Gasteiger partial charge in [0, 0.05) is 18.3 Å². The lowest BCUT2D eigenvalue weighted by Gasteiger charge is -2.18. The minimum absolute atomic E-state index is 0.0491. The lowest BCUT2D eigenvalue weighted by molar-refractivity contribution is -0.128. The highest BCUT2D eigenvalue weighted by Gasteiger charge is 2.22. The van der Waals surface area contributed by atoms with Gasteiger partial charge >= 0.3 is 0 Å². The second-order valence-electron chi connectivity index (χ2n) is 8.46. The fourth-order valence-electron chi connectivity index (χ4n) is 3.63. The van der Waals surface area contributed by atoms with Crippen LogP contribution >= 0.6 is 0 Å². The number of hydrogen-bond acceptors (Lipinski definition) is 5. The average molecular weight is 499 g/mol. The Bertz CT molecular complexity index is 1280. The molecule has 37 heavy (non-hydrogen) atoms. The number of pyridine rings is 1. The first-order valence-electron chi connectivity index (χ1n) is 11.9. The van der Waals surface area contributed by atoms with Crippen LogP contribution in [-0.2, 0) is 33.8 Å². The number of Topliss-reactive ketones (excluding diaryl/α,β-unsaturated/α-hetero) is 1. The molecule has 0 aliphatic heterocycles. The summed E-state index contributed by atoms with van der Waals surface area (Å²) in [4.78, 5) is 30.0. The second kappa shape index (κ2) is 13.1. The molecule has 3 aromatic carbocycles. The zero-order valence-electron chi connectivity index (χ0n) is 20.2. The van der Waals surface area contributed by atoms with E-state index in [0.717, 1.165) is 11.1 Å². The third-order valence-electron chi connectivity index (χ3n) is 5.54. The van der Waals surface area contributed by atoms with Crippen molar-refractivity contribution < 1.29 is 23.5 Å². The highest BCUT2D eigenvalue weighted by atomic mass is 19.1. The molecule has 1 heterocycles. The second-order valence-corrected chi connectivity index (χ2v) is 8.46. The summed E-state index contributed by atoms with van der Waals surface area (Å²) in [5, 5.41) is 2.81. The van der Waals surface area contributed by atoms with Gasteiger partial charge in [-0.3, -0.25) is 14.6 Å². The number of nitrogens with zero attached hydrogens (tertiary/aromatic N) is 1. The van der Waals surface area contributed by atoms with Gasteiger partial charge in [0.15, 0.2) is 5.78 Å². The maximum absolute atomic E-state index is 13.2. The molecule has 1 N–H and O–H groups in total. The van der Waals surface area contributed by atoms with E-state index in [2.05, 4.69) is 10.3 Å². The molecule has 1 amide bonds. The number of nitrogens with one attached hydrogen (secondary N) is 1. The minimum Gasteiger partial charge on any atom is -0.457 e. The first kappa shape index (κ1) is 25.7. The Balaban J connectivity index is 1.37. The molecule has 0 saturated carbocycles. The molecule has 1 atom stereocenters. The summed E-state index contributed by atoms with van der Waals surface area (Å²) in [6.07, 6.45) is 1.80. The summed E-state index contributed by atoms with van der Waals surface area (Å²) < 4.78 is 24.6. The van der Waals surface area contributed by atoms with Crippen LogP contribution in [0.1, 0.15) is 16.8 Å². The molecule has 7 heteroatoms. The maximum atomic E-state index is 13.2. The predicted octanol–water partition coefficient (Wildman–Crippen LogP) is 5.07. The van der Waals surface area contributed by atoms with E-state index < -0.39 is 6.04 Å². The summed E-state index contributed by atoms with van der Waals surface area (Å²) in [6, 6.07) is 27.0. The van der Waals surface area contributed by atoms with Gasteiger partial charge in [-0.2, -0.15) is 0 Å².